The molecule has 1 aromatic heterocycles. The maximum Gasteiger partial charge on any atom is 0.410 e. The number of nitrogens with one attached hydrogen (secondary N) is 1. The Labute approximate surface area is 176 Å². The number of ether oxygens (including phenoxy) is 1. The third-order valence-electron chi connectivity index (χ3n) is 5.27. The summed E-state index contributed by atoms with van der Waals surface area (Å²) in [6.07, 6.45) is 2.59. The van der Waals surface area contributed by atoms with Crippen molar-refractivity contribution in [1.82, 2.24) is 20.0 Å². The molecular weight excluding hydrogens is 387 g/mol. The van der Waals surface area contributed by atoms with Crippen LogP contribution in [0.4, 0.5) is 9.18 Å². The predicted molar refractivity (Wildman–Crippen MR) is 111 cm³/mol. The molecule has 0 spiro atoms. The average molecular weight is 416 g/mol. The Morgan fingerprint density at radius 2 is 1.97 bits per heavy atom. The molecule has 0 unspecified atom stereocenters. The minimum atomic E-state index is -0.578. The Morgan fingerprint density at radius 1 is 1.27 bits per heavy atom. The van der Waals surface area contributed by atoms with E-state index in [1.807, 2.05) is 27.7 Å². The van der Waals surface area contributed by atoms with Gasteiger partial charge in [0.1, 0.15) is 17.1 Å². The smallest absolute Gasteiger partial charge is 0.410 e. The van der Waals surface area contributed by atoms with E-state index < -0.39 is 11.4 Å². The summed E-state index contributed by atoms with van der Waals surface area (Å²) >= 11 is 0. The number of halogens is 1. The first-order valence-corrected chi connectivity index (χ1v) is 10.2. The van der Waals surface area contributed by atoms with Gasteiger partial charge in [0.05, 0.1) is 23.5 Å². The first kappa shape index (κ1) is 21.8. The van der Waals surface area contributed by atoms with Gasteiger partial charge in [0.2, 0.25) is 0 Å². The Bertz CT molecular complexity index is 935. The van der Waals surface area contributed by atoms with Gasteiger partial charge < -0.3 is 15.0 Å². The number of rotatable bonds is 3. The van der Waals surface area contributed by atoms with Crippen LogP contribution in [0.3, 0.4) is 0 Å². The lowest BCUT2D eigenvalue weighted by molar-refractivity contribution is 0.00699. The van der Waals surface area contributed by atoms with Crippen LogP contribution in [-0.2, 0) is 4.74 Å². The SMILES string of the molecule is Cc1c(C(=O)N[C@@H]2CCCN(C(=O)OC(C)(C)C)[C@H]2C)cnn1-c1ccccc1F. The zero-order chi connectivity index (χ0) is 22.1. The topological polar surface area (TPSA) is 76.5 Å². The second-order valence-corrected chi connectivity index (χ2v) is 8.64. The van der Waals surface area contributed by atoms with Gasteiger partial charge in [0.15, 0.2) is 0 Å². The van der Waals surface area contributed by atoms with Gasteiger partial charge in [-0.3, -0.25) is 4.79 Å². The predicted octanol–water partition coefficient (Wildman–Crippen LogP) is 3.84. The Balaban J connectivity index is 1.73. The lowest BCUT2D eigenvalue weighted by atomic mass is 9.97. The molecule has 162 valence electrons. The molecule has 2 heterocycles. The van der Waals surface area contributed by atoms with Crippen molar-refractivity contribution >= 4 is 12.0 Å². The zero-order valence-electron chi connectivity index (χ0n) is 18.1. The molecule has 1 aliphatic rings. The number of benzene rings is 1. The third-order valence-corrected chi connectivity index (χ3v) is 5.27. The van der Waals surface area contributed by atoms with Crippen LogP contribution < -0.4 is 5.32 Å². The summed E-state index contributed by atoms with van der Waals surface area (Å²) in [6, 6.07) is 5.86. The van der Waals surface area contributed by atoms with E-state index in [1.54, 1.807) is 30.0 Å². The van der Waals surface area contributed by atoms with Crippen LogP contribution >= 0.6 is 0 Å². The van der Waals surface area contributed by atoms with E-state index in [-0.39, 0.29) is 29.8 Å². The number of nitrogens with zero attached hydrogens (tertiary/aromatic N) is 3. The average Bonchev–Trinajstić information content (AvgIpc) is 3.03. The van der Waals surface area contributed by atoms with Gasteiger partial charge in [0, 0.05) is 12.6 Å². The number of hydrogen-bond donors (Lipinski definition) is 1. The highest BCUT2D eigenvalue weighted by Gasteiger charge is 2.35. The van der Waals surface area contributed by atoms with Crippen LogP contribution in [-0.4, -0.2) is 50.9 Å². The van der Waals surface area contributed by atoms with Crippen LogP contribution in [0.5, 0.6) is 0 Å². The van der Waals surface area contributed by atoms with E-state index in [2.05, 4.69) is 10.4 Å². The summed E-state index contributed by atoms with van der Waals surface area (Å²) in [5.41, 5.74) is 0.631. The van der Waals surface area contributed by atoms with Crippen molar-refractivity contribution in [3.05, 3.63) is 47.5 Å². The molecule has 30 heavy (non-hydrogen) atoms. The molecule has 8 heteroatoms. The second kappa shape index (κ2) is 8.45. The maximum atomic E-state index is 14.1. The Kier molecular flexibility index (Phi) is 6.14. The largest absolute Gasteiger partial charge is 0.444 e. The van der Waals surface area contributed by atoms with Crippen molar-refractivity contribution in [2.24, 2.45) is 0 Å². The highest BCUT2D eigenvalue weighted by Crippen LogP contribution is 2.22. The number of hydrogen-bond acceptors (Lipinski definition) is 4. The molecule has 1 fully saturated rings. The molecule has 0 radical (unpaired) electrons. The van der Waals surface area contributed by atoms with Gasteiger partial charge in [-0.25, -0.2) is 13.9 Å². The number of aromatic nitrogens is 2. The van der Waals surface area contributed by atoms with E-state index in [0.29, 0.717) is 17.8 Å². The van der Waals surface area contributed by atoms with Crippen LogP contribution in [0.15, 0.2) is 30.5 Å². The first-order valence-electron chi connectivity index (χ1n) is 10.2. The van der Waals surface area contributed by atoms with E-state index in [4.69, 9.17) is 4.74 Å². The standard InChI is InChI=1S/C22H29FN4O3/c1-14-16(13-24-27(14)19-11-7-6-9-17(19)23)20(28)25-18-10-8-12-26(15(18)2)21(29)30-22(3,4)5/h6-7,9,11,13,15,18H,8,10,12H2,1-5H3,(H,25,28)/t15-,18+/m0/s1. The van der Waals surface area contributed by atoms with Gasteiger partial charge in [-0.1, -0.05) is 12.1 Å². The number of carbonyl (C=O) groups is 2. The fourth-order valence-electron chi connectivity index (χ4n) is 3.66. The maximum absolute atomic E-state index is 14.1. The summed E-state index contributed by atoms with van der Waals surface area (Å²) in [4.78, 5) is 27.1. The summed E-state index contributed by atoms with van der Waals surface area (Å²) in [5.74, 6) is -0.706. The van der Waals surface area contributed by atoms with Gasteiger partial charge in [-0.05, 0) is 59.6 Å². The van der Waals surface area contributed by atoms with E-state index in [0.717, 1.165) is 12.8 Å². The first-order chi connectivity index (χ1) is 14.1. The van der Waals surface area contributed by atoms with E-state index in [1.165, 1.54) is 16.9 Å². The number of para-hydroxylation sites is 1. The van der Waals surface area contributed by atoms with Crippen molar-refractivity contribution in [3.8, 4) is 5.69 Å². The minimum absolute atomic E-state index is 0.209. The van der Waals surface area contributed by atoms with Gasteiger partial charge >= 0.3 is 6.09 Å². The van der Waals surface area contributed by atoms with Crippen LogP contribution in [0.25, 0.3) is 5.69 Å². The van der Waals surface area contributed by atoms with Crippen LogP contribution in [0.1, 0.15) is 56.6 Å². The highest BCUT2D eigenvalue weighted by molar-refractivity contribution is 5.95. The Morgan fingerprint density at radius 3 is 2.63 bits per heavy atom. The van der Waals surface area contributed by atoms with Gasteiger partial charge in [-0.2, -0.15) is 5.10 Å². The summed E-state index contributed by atoms with van der Waals surface area (Å²) in [5, 5.41) is 7.21. The van der Waals surface area contributed by atoms with E-state index in [9.17, 15) is 14.0 Å². The van der Waals surface area contributed by atoms with Gasteiger partial charge in [-0.15, -0.1) is 0 Å². The lowest BCUT2D eigenvalue weighted by Gasteiger charge is -2.40. The fourth-order valence-corrected chi connectivity index (χ4v) is 3.66. The molecule has 2 atom stereocenters. The monoisotopic (exact) mass is 416 g/mol. The fraction of sp³-hybridized carbons (Fsp3) is 0.500. The number of piperidine rings is 1. The van der Waals surface area contributed by atoms with Crippen LogP contribution in [0.2, 0.25) is 0 Å². The van der Waals surface area contributed by atoms with Crippen molar-refractivity contribution in [1.29, 1.82) is 0 Å². The minimum Gasteiger partial charge on any atom is -0.444 e. The number of amides is 2. The molecule has 2 aromatic rings. The molecular formula is C22H29FN4O3. The number of likely N-dealkylation sites (tertiary alicyclic amines) is 1. The quantitative estimate of drug-likeness (QED) is 0.825. The van der Waals surface area contributed by atoms with Crippen molar-refractivity contribution in [2.75, 3.05) is 6.54 Å². The molecule has 0 aliphatic carbocycles. The molecule has 1 N–H and O–H groups in total. The molecule has 1 aromatic carbocycles. The molecule has 2 amide bonds. The summed E-state index contributed by atoms with van der Waals surface area (Å²) in [6.45, 7) is 9.71. The van der Waals surface area contributed by atoms with Crippen molar-refractivity contribution in [2.45, 2.75) is 65.1 Å². The van der Waals surface area contributed by atoms with Crippen molar-refractivity contribution in [3.63, 3.8) is 0 Å². The molecule has 1 aliphatic heterocycles. The Hall–Kier alpha value is -2.90. The third kappa shape index (κ3) is 4.63. The van der Waals surface area contributed by atoms with Crippen molar-refractivity contribution < 1.29 is 18.7 Å². The number of carbonyl (C=O) groups excluding carboxylic acids is 2. The zero-order valence-corrected chi connectivity index (χ0v) is 18.1. The summed E-state index contributed by atoms with van der Waals surface area (Å²) < 4.78 is 21.0. The normalized spacial score (nSPS) is 19.5. The van der Waals surface area contributed by atoms with Gasteiger partial charge in [0.25, 0.3) is 5.91 Å². The molecule has 7 nitrogen and oxygen atoms in total. The highest BCUT2D eigenvalue weighted by atomic mass is 19.1. The molecule has 3 rings (SSSR count). The van der Waals surface area contributed by atoms with Crippen LogP contribution in [0, 0.1) is 12.7 Å². The molecule has 0 bridgehead atoms. The molecule has 1 saturated heterocycles. The van der Waals surface area contributed by atoms with E-state index >= 15 is 0 Å². The molecule has 0 saturated carbocycles. The summed E-state index contributed by atoms with van der Waals surface area (Å²) in [7, 11) is 0. The lowest BCUT2D eigenvalue weighted by Crippen LogP contribution is -2.56. The second-order valence-electron chi connectivity index (χ2n) is 8.64.